The van der Waals surface area contributed by atoms with Crippen molar-refractivity contribution in [1.82, 2.24) is 4.90 Å². The van der Waals surface area contributed by atoms with Gasteiger partial charge in [0.2, 0.25) is 0 Å². The molecule has 0 radical (unpaired) electrons. The van der Waals surface area contributed by atoms with E-state index in [1.165, 1.54) is 6.42 Å². The summed E-state index contributed by atoms with van der Waals surface area (Å²) in [5.74, 6) is 0.151. The fourth-order valence-corrected chi connectivity index (χ4v) is 2.75. The lowest BCUT2D eigenvalue weighted by Crippen LogP contribution is -2.47. The Morgan fingerprint density at radius 1 is 1.22 bits per heavy atom. The molecule has 2 unspecified atom stereocenters. The summed E-state index contributed by atoms with van der Waals surface area (Å²) in [5.41, 5.74) is 7.40. The summed E-state index contributed by atoms with van der Waals surface area (Å²) >= 11 is 0. The molecular formula is C15H22N2O. The molecular weight excluding hydrogens is 224 g/mol. The molecule has 3 nitrogen and oxygen atoms in total. The highest BCUT2D eigenvalue weighted by atomic mass is 16.2. The number of benzene rings is 1. The number of rotatable bonds is 2. The molecule has 1 amide bonds. The van der Waals surface area contributed by atoms with Crippen molar-refractivity contribution in [3.63, 3.8) is 0 Å². The molecule has 0 spiro atoms. The monoisotopic (exact) mass is 246 g/mol. The van der Waals surface area contributed by atoms with Crippen LogP contribution < -0.4 is 5.73 Å². The molecule has 1 aromatic carbocycles. The standard InChI is InChI=1S/C15H22N2O/c1-11-4-3-5-12(2)17(11)15(18)14-8-6-13(10-16)7-9-14/h6-9,11-12H,3-5,10,16H2,1-2H3. The molecule has 98 valence electrons. The van der Waals surface area contributed by atoms with Gasteiger partial charge in [0.1, 0.15) is 0 Å². The highest BCUT2D eigenvalue weighted by molar-refractivity contribution is 5.94. The Balaban J connectivity index is 2.18. The van der Waals surface area contributed by atoms with Crippen LogP contribution in [0.2, 0.25) is 0 Å². The quantitative estimate of drug-likeness (QED) is 0.871. The van der Waals surface area contributed by atoms with Crippen molar-refractivity contribution in [2.24, 2.45) is 5.73 Å². The third kappa shape index (κ3) is 2.56. The van der Waals surface area contributed by atoms with E-state index < -0.39 is 0 Å². The summed E-state index contributed by atoms with van der Waals surface area (Å²) in [6.45, 7) is 4.80. The van der Waals surface area contributed by atoms with E-state index in [2.05, 4.69) is 13.8 Å². The van der Waals surface area contributed by atoms with Gasteiger partial charge in [0.15, 0.2) is 0 Å². The Kier molecular flexibility index (Phi) is 4.02. The maximum absolute atomic E-state index is 12.5. The maximum atomic E-state index is 12.5. The lowest BCUT2D eigenvalue weighted by molar-refractivity contribution is 0.0511. The van der Waals surface area contributed by atoms with E-state index in [1.54, 1.807) is 0 Å². The first-order chi connectivity index (χ1) is 8.63. The van der Waals surface area contributed by atoms with Crippen molar-refractivity contribution < 1.29 is 4.79 Å². The number of likely N-dealkylation sites (tertiary alicyclic amines) is 1. The number of nitrogens with zero attached hydrogens (tertiary/aromatic N) is 1. The fourth-order valence-electron chi connectivity index (χ4n) is 2.75. The van der Waals surface area contributed by atoms with Crippen molar-refractivity contribution in [2.45, 2.75) is 51.7 Å². The van der Waals surface area contributed by atoms with E-state index in [0.717, 1.165) is 24.0 Å². The van der Waals surface area contributed by atoms with Crippen LogP contribution in [0, 0.1) is 0 Å². The zero-order valence-electron chi connectivity index (χ0n) is 11.2. The van der Waals surface area contributed by atoms with Crippen molar-refractivity contribution in [2.75, 3.05) is 0 Å². The minimum atomic E-state index is 0.151. The Labute approximate surface area is 109 Å². The van der Waals surface area contributed by atoms with Crippen LogP contribution >= 0.6 is 0 Å². The zero-order valence-corrected chi connectivity index (χ0v) is 11.2. The Bertz CT molecular complexity index is 403. The van der Waals surface area contributed by atoms with Crippen molar-refractivity contribution in [1.29, 1.82) is 0 Å². The van der Waals surface area contributed by atoms with Gasteiger partial charge in [-0.2, -0.15) is 0 Å². The molecule has 2 N–H and O–H groups in total. The van der Waals surface area contributed by atoms with Crippen molar-refractivity contribution in [3.8, 4) is 0 Å². The normalized spacial score (nSPS) is 24.1. The second-order valence-corrected chi connectivity index (χ2v) is 5.24. The molecule has 1 fully saturated rings. The van der Waals surface area contributed by atoms with Gasteiger partial charge in [-0.3, -0.25) is 4.79 Å². The van der Waals surface area contributed by atoms with E-state index in [0.29, 0.717) is 18.6 Å². The smallest absolute Gasteiger partial charge is 0.254 e. The van der Waals surface area contributed by atoms with Crippen LogP contribution in [0.1, 0.15) is 49.0 Å². The average Bonchev–Trinajstić information content (AvgIpc) is 2.38. The zero-order chi connectivity index (χ0) is 13.1. The van der Waals surface area contributed by atoms with E-state index in [4.69, 9.17) is 5.73 Å². The molecule has 0 aromatic heterocycles. The summed E-state index contributed by atoms with van der Waals surface area (Å²) in [4.78, 5) is 14.5. The minimum Gasteiger partial charge on any atom is -0.333 e. The first-order valence-corrected chi connectivity index (χ1v) is 6.75. The van der Waals surface area contributed by atoms with Crippen LogP contribution in [0.4, 0.5) is 0 Å². The third-order valence-electron chi connectivity index (χ3n) is 3.86. The number of carbonyl (C=O) groups is 1. The molecule has 3 heteroatoms. The van der Waals surface area contributed by atoms with Crippen LogP contribution in [0.25, 0.3) is 0 Å². The number of hydrogen-bond donors (Lipinski definition) is 1. The fraction of sp³-hybridized carbons (Fsp3) is 0.533. The topological polar surface area (TPSA) is 46.3 Å². The highest BCUT2D eigenvalue weighted by Gasteiger charge is 2.29. The number of nitrogens with two attached hydrogens (primary N) is 1. The lowest BCUT2D eigenvalue weighted by atomic mass is 9.96. The minimum absolute atomic E-state index is 0.151. The summed E-state index contributed by atoms with van der Waals surface area (Å²) in [5, 5.41) is 0. The van der Waals surface area contributed by atoms with E-state index in [1.807, 2.05) is 29.2 Å². The predicted octanol–water partition coefficient (Wildman–Crippen LogP) is 2.55. The highest BCUT2D eigenvalue weighted by Crippen LogP contribution is 2.24. The van der Waals surface area contributed by atoms with Gasteiger partial charge in [0.25, 0.3) is 5.91 Å². The van der Waals surface area contributed by atoms with E-state index in [9.17, 15) is 4.79 Å². The summed E-state index contributed by atoms with van der Waals surface area (Å²) < 4.78 is 0. The maximum Gasteiger partial charge on any atom is 0.254 e. The summed E-state index contributed by atoms with van der Waals surface area (Å²) in [7, 11) is 0. The number of amides is 1. The molecule has 1 aliphatic rings. The Morgan fingerprint density at radius 3 is 2.28 bits per heavy atom. The lowest BCUT2D eigenvalue weighted by Gasteiger charge is -2.39. The van der Waals surface area contributed by atoms with E-state index in [-0.39, 0.29) is 5.91 Å². The Hall–Kier alpha value is -1.35. The summed E-state index contributed by atoms with van der Waals surface area (Å²) in [6, 6.07) is 8.33. The van der Waals surface area contributed by atoms with Crippen LogP contribution in [0.3, 0.4) is 0 Å². The van der Waals surface area contributed by atoms with Gasteiger partial charge in [-0.1, -0.05) is 12.1 Å². The van der Waals surface area contributed by atoms with Crippen molar-refractivity contribution in [3.05, 3.63) is 35.4 Å². The molecule has 0 bridgehead atoms. The molecule has 1 saturated heterocycles. The number of carbonyl (C=O) groups excluding carboxylic acids is 1. The molecule has 18 heavy (non-hydrogen) atoms. The van der Waals surface area contributed by atoms with Gasteiger partial charge < -0.3 is 10.6 Å². The molecule has 1 aromatic rings. The first kappa shape index (κ1) is 13.1. The number of hydrogen-bond acceptors (Lipinski definition) is 2. The molecule has 1 heterocycles. The Morgan fingerprint density at radius 2 is 1.78 bits per heavy atom. The van der Waals surface area contributed by atoms with Crippen LogP contribution in [0.5, 0.6) is 0 Å². The van der Waals surface area contributed by atoms with Gasteiger partial charge in [0, 0.05) is 24.2 Å². The molecule has 0 saturated carbocycles. The van der Waals surface area contributed by atoms with Gasteiger partial charge in [0.05, 0.1) is 0 Å². The second kappa shape index (κ2) is 5.53. The second-order valence-electron chi connectivity index (χ2n) is 5.24. The predicted molar refractivity (Wildman–Crippen MR) is 73.3 cm³/mol. The molecule has 2 rings (SSSR count). The van der Waals surface area contributed by atoms with Crippen molar-refractivity contribution >= 4 is 5.91 Å². The number of piperidine rings is 1. The van der Waals surface area contributed by atoms with E-state index >= 15 is 0 Å². The summed E-state index contributed by atoms with van der Waals surface area (Å²) in [6.07, 6.45) is 3.44. The van der Waals surface area contributed by atoms with Gasteiger partial charge >= 0.3 is 0 Å². The van der Waals surface area contributed by atoms with Gasteiger partial charge in [-0.15, -0.1) is 0 Å². The molecule has 0 aliphatic carbocycles. The first-order valence-electron chi connectivity index (χ1n) is 6.75. The van der Waals surface area contributed by atoms with Crippen LogP contribution in [-0.2, 0) is 6.54 Å². The molecule has 1 aliphatic heterocycles. The van der Waals surface area contributed by atoms with Crippen LogP contribution in [0.15, 0.2) is 24.3 Å². The SMILES string of the molecule is CC1CCCC(C)N1C(=O)c1ccc(CN)cc1. The van der Waals surface area contributed by atoms with Crippen LogP contribution in [-0.4, -0.2) is 22.9 Å². The molecule has 2 atom stereocenters. The van der Waals surface area contributed by atoms with Gasteiger partial charge in [-0.25, -0.2) is 0 Å². The van der Waals surface area contributed by atoms with Gasteiger partial charge in [-0.05, 0) is 50.8 Å². The average molecular weight is 246 g/mol. The third-order valence-corrected chi connectivity index (χ3v) is 3.86. The largest absolute Gasteiger partial charge is 0.333 e.